The van der Waals surface area contributed by atoms with Crippen LogP contribution in [0.2, 0.25) is 0 Å². The van der Waals surface area contributed by atoms with E-state index in [0.29, 0.717) is 6.04 Å². The van der Waals surface area contributed by atoms with Crippen LogP contribution in [0.3, 0.4) is 0 Å². The number of pyridine rings is 1. The van der Waals surface area contributed by atoms with Gasteiger partial charge in [-0.2, -0.15) is 0 Å². The standard InChI is InChI=1S/C13H21N3/c1-10-6-8-16(9-10)13-12(11(2)14-3)5-4-7-15-13/h4-5,7,10-11,14H,6,8-9H2,1-3H3. The van der Waals surface area contributed by atoms with Crippen LogP contribution in [-0.2, 0) is 0 Å². The molecule has 1 fully saturated rings. The van der Waals surface area contributed by atoms with E-state index in [1.807, 2.05) is 19.3 Å². The topological polar surface area (TPSA) is 28.2 Å². The molecule has 0 bridgehead atoms. The highest BCUT2D eigenvalue weighted by Crippen LogP contribution is 2.28. The molecule has 0 radical (unpaired) electrons. The second kappa shape index (κ2) is 4.83. The van der Waals surface area contributed by atoms with E-state index in [-0.39, 0.29) is 0 Å². The largest absolute Gasteiger partial charge is 0.356 e. The zero-order chi connectivity index (χ0) is 11.5. The summed E-state index contributed by atoms with van der Waals surface area (Å²) in [4.78, 5) is 6.96. The van der Waals surface area contributed by atoms with E-state index >= 15 is 0 Å². The number of nitrogens with one attached hydrogen (secondary N) is 1. The molecule has 3 heteroatoms. The summed E-state index contributed by atoms with van der Waals surface area (Å²) in [5.74, 6) is 1.95. The summed E-state index contributed by atoms with van der Waals surface area (Å²) in [7, 11) is 1.99. The van der Waals surface area contributed by atoms with Gasteiger partial charge in [0.15, 0.2) is 0 Å². The highest BCUT2D eigenvalue weighted by molar-refractivity contribution is 5.49. The quantitative estimate of drug-likeness (QED) is 0.845. The van der Waals surface area contributed by atoms with Gasteiger partial charge in [0, 0.05) is 30.9 Å². The molecule has 0 amide bonds. The third-order valence-electron chi connectivity index (χ3n) is 3.44. The molecule has 1 N–H and O–H groups in total. The summed E-state index contributed by atoms with van der Waals surface area (Å²) in [6.07, 6.45) is 3.17. The Morgan fingerprint density at radius 2 is 2.38 bits per heavy atom. The molecular formula is C13H21N3. The molecule has 1 saturated heterocycles. The fraction of sp³-hybridized carbons (Fsp3) is 0.615. The van der Waals surface area contributed by atoms with Crippen molar-refractivity contribution < 1.29 is 0 Å². The number of anilines is 1. The fourth-order valence-electron chi connectivity index (χ4n) is 2.29. The number of hydrogen-bond donors (Lipinski definition) is 1. The first-order valence-electron chi connectivity index (χ1n) is 6.09. The molecular weight excluding hydrogens is 198 g/mol. The first-order valence-corrected chi connectivity index (χ1v) is 6.09. The van der Waals surface area contributed by atoms with Crippen molar-refractivity contribution in [2.75, 3.05) is 25.0 Å². The van der Waals surface area contributed by atoms with E-state index in [1.54, 1.807) is 0 Å². The first kappa shape index (κ1) is 11.4. The average Bonchev–Trinajstić information content (AvgIpc) is 2.75. The lowest BCUT2D eigenvalue weighted by atomic mass is 10.1. The van der Waals surface area contributed by atoms with Crippen molar-refractivity contribution in [3.8, 4) is 0 Å². The van der Waals surface area contributed by atoms with Gasteiger partial charge in [-0.3, -0.25) is 0 Å². The molecule has 88 valence electrons. The normalized spacial score (nSPS) is 22.4. The molecule has 2 rings (SSSR count). The lowest BCUT2D eigenvalue weighted by molar-refractivity contribution is 0.641. The van der Waals surface area contributed by atoms with Crippen LogP contribution >= 0.6 is 0 Å². The second-order valence-electron chi connectivity index (χ2n) is 4.77. The van der Waals surface area contributed by atoms with Crippen LogP contribution in [0.1, 0.15) is 31.9 Å². The van der Waals surface area contributed by atoms with Crippen LogP contribution < -0.4 is 10.2 Å². The lowest BCUT2D eigenvalue weighted by Crippen LogP contribution is -2.24. The van der Waals surface area contributed by atoms with E-state index in [1.165, 1.54) is 12.0 Å². The molecule has 1 aliphatic heterocycles. The van der Waals surface area contributed by atoms with Crippen molar-refractivity contribution in [2.24, 2.45) is 5.92 Å². The Balaban J connectivity index is 2.26. The number of nitrogens with zero attached hydrogens (tertiary/aromatic N) is 2. The maximum atomic E-state index is 4.55. The van der Waals surface area contributed by atoms with E-state index in [4.69, 9.17) is 0 Å². The number of aromatic nitrogens is 1. The van der Waals surface area contributed by atoms with Crippen LogP contribution in [0.15, 0.2) is 18.3 Å². The van der Waals surface area contributed by atoms with Crippen molar-refractivity contribution in [1.29, 1.82) is 0 Å². The Morgan fingerprint density at radius 3 is 3.00 bits per heavy atom. The lowest BCUT2D eigenvalue weighted by Gasteiger charge is -2.23. The Bertz CT molecular complexity index is 351. The minimum atomic E-state index is 0.361. The van der Waals surface area contributed by atoms with Crippen molar-refractivity contribution in [2.45, 2.75) is 26.3 Å². The molecule has 2 atom stereocenters. The van der Waals surface area contributed by atoms with Gasteiger partial charge in [0.05, 0.1) is 0 Å². The van der Waals surface area contributed by atoms with Crippen molar-refractivity contribution >= 4 is 5.82 Å². The van der Waals surface area contributed by atoms with Crippen molar-refractivity contribution in [3.63, 3.8) is 0 Å². The highest BCUT2D eigenvalue weighted by atomic mass is 15.2. The van der Waals surface area contributed by atoms with Gasteiger partial charge in [0.1, 0.15) is 5.82 Å². The highest BCUT2D eigenvalue weighted by Gasteiger charge is 2.22. The molecule has 2 heterocycles. The minimum Gasteiger partial charge on any atom is -0.356 e. The Morgan fingerprint density at radius 1 is 1.56 bits per heavy atom. The molecule has 0 aliphatic carbocycles. The molecule has 0 saturated carbocycles. The maximum absolute atomic E-state index is 4.55. The van der Waals surface area contributed by atoms with Gasteiger partial charge in [0.25, 0.3) is 0 Å². The van der Waals surface area contributed by atoms with E-state index in [0.717, 1.165) is 24.8 Å². The summed E-state index contributed by atoms with van der Waals surface area (Å²) in [5.41, 5.74) is 1.30. The van der Waals surface area contributed by atoms with Gasteiger partial charge in [-0.1, -0.05) is 13.0 Å². The molecule has 1 aliphatic rings. The average molecular weight is 219 g/mol. The molecule has 1 aromatic rings. The van der Waals surface area contributed by atoms with E-state index < -0.39 is 0 Å². The predicted molar refractivity (Wildman–Crippen MR) is 67.7 cm³/mol. The number of rotatable bonds is 3. The maximum Gasteiger partial charge on any atom is 0.133 e. The zero-order valence-corrected chi connectivity index (χ0v) is 10.4. The third kappa shape index (κ3) is 2.19. The van der Waals surface area contributed by atoms with Crippen molar-refractivity contribution in [3.05, 3.63) is 23.9 Å². The Labute approximate surface area is 97.9 Å². The summed E-state index contributed by atoms with van der Waals surface area (Å²) in [6, 6.07) is 4.55. The van der Waals surface area contributed by atoms with Crippen LogP contribution in [0.25, 0.3) is 0 Å². The fourth-order valence-corrected chi connectivity index (χ4v) is 2.29. The molecule has 16 heavy (non-hydrogen) atoms. The third-order valence-corrected chi connectivity index (χ3v) is 3.44. The molecule has 0 spiro atoms. The van der Waals surface area contributed by atoms with Crippen molar-refractivity contribution in [1.82, 2.24) is 10.3 Å². The molecule has 3 nitrogen and oxygen atoms in total. The summed E-state index contributed by atoms with van der Waals surface area (Å²) < 4.78 is 0. The van der Waals surface area contributed by atoms with Gasteiger partial charge in [0.2, 0.25) is 0 Å². The van der Waals surface area contributed by atoms with Gasteiger partial charge < -0.3 is 10.2 Å². The Hall–Kier alpha value is -1.09. The first-order chi connectivity index (χ1) is 7.72. The zero-order valence-electron chi connectivity index (χ0n) is 10.4. The van der Waals surface area contributed by atoms with Gasteiger partial charge in [-0.15, -0.1) is 0 Å². The predicted octanol–water partition coefficient (Wildman–Crippen LogP) is 2.21. The molecule has 1 aromatic heterocycles. The van der Waals surface area contributed by atoms with Crippen LogP contribution in [-0.4, -0.2) is 25.1 Å². The molecule has 2 unspecified atom stereocenters. The monoisotopic (exact) mass is 219 g/mol. The van der Waals surface area contributed by atoms with Gasteiger partial charge in [-0.05, 0) is 32.4 Å². The molecule has 0 aromatic carbocycles. The van der Waals surface area contributed by atoms with Crippen LogP contribution in [0.5, 0.6) is 0 Å². The van der Waals surface area contributed by atoms with Gasteiger partial charge in [-0.25, -0.2) is 4.98 Å². The smallest absolute Gasteiger partial charge is 0.133 e. The SMILES string of the molecule is CNC(C)c1cccnc1N1CCC(C)C1. The summed E-state index contributed by atoms with van der Waals surface area (Å²) in [5, 5.41) is 3.29. The Kier molecular flexibility index (Phi) is 3.44. The van der Waals surface area contributed by atoms with Crippen LogP contribution in [0, 0.1) is 5.92 Å². The minimum absolute atomic E-state index is 0.361. The van der Waals surface area contributed by atoms with E-state index in [9.17, 15) is 0 Å². The summed E-state index contributed by atoms with van der Waals surface area (Å²) >= 11 is 0. The van der Waals surface area contributed by atoms with Crippen LogP contribution in [0.4, 0.5) is 5.82 Å². The van der Waals surface area contributed by atoms with Gasteiger partial charge >= 0.3 is 0 Å². The second-order valence-corrected chi connectivity index (χ2v) is 4.77. The summed E-state index contributed by atoms with van der Waals surface area (Å²) in [6.45, 7) is 6.77. The van der Waals surface area contributed by atoms with E-state index in [2.05, 4.69) is 35.1 Å². The number of hydrogen-bond acceptors (Lipinski definition) is 3.